The van der Waals surface area contributed by atoms with Crippen LogP contribution in [0.4, 0.5) is 0 Å². The quantitative estimate of drug-likeness (QED) is 0.777. The van der Waals surface area contributed by atoms with Gasteiger partial charge in [0.25, 0.3) is 5.91 Å². The minimum atomic E-state index is -0.0541. The van der Waals surface area contributed by atoms with Crippen LogP contribution in [0.15, 0.2) is 30.5 Å². The molecule has 2 aromatic rings. The molecule has 144 valence electrons. The lowest BCUT2D eigenvalue weighted by Gasteiger charge is -2.33. The SMILES string of the molecule is COCc1nccc([C@H]2CCCN(C(=O)c3cc(OC)ccc3OC)C2)n1. The van der Waals surface area contributed by atoms with Crippen molar-refractivity contribution in [2.24, 2.45) is 0 Å². The molecule has 1 aliphatic rings. The van der Waals surface area contributed by atoms with Gasteiger partial charge in [0.05, 0.1) is 19.8 Å². The Morgan fingerprint density at radius 1 is 1.22 bits per heavy atom. The summed E-state index contributed by atoms with van der Waals surface area (Å²) < 4.78 is 15.8. The zero-order valence-corrected chi connectivity index (χ0v) is 16.0. The summed E-state index contributed by atoms with van der Waals surface area (Å²) in [5.74, 6) is 1.97. The van der Waals surface area contributed by atoms with Gasteiger partial charge in [-0.2, -0.15) is 0 Å². The van der Waals surface area contributed by atoms with Crippen molar-refractivity contribution in [3.8, 4) is 11.5 Å². The molecule has 3 rings (SSSR count). The molecule has 27 heavy (non-hydrogen) atoms. The lowest BCUT2D eigenvalue weighted by molar-refractivity contribution is 0.0702. The van der Waals surface area contributed by atoms with Crippen molar-refractivity contribution in [3.05, 3.63) is 47.5 Å². The van der Waals surface area contributed by atoms with E-state index in [-0.39, 0.29) is 11.8 Å². The third kappa shape index (κ3) is 4.36. The number of ether oxygens (including phenoxy) is 3. The van der Waals surface area contributed by atoms with Crippen molar-refractivity contribution >= 4 is 5.91 Å². The van der Waals surface area contributed by atoms with Crippen LogP contribution in [0.5, 0.6) is 11.5 Å². The van der Waals surface area contributed by atoms with Gasteiger partial charge < -0.3 is 19.1 Å². The van der Waals surface area contributed by atoms with Gasteiger partial charge in [0.2, 0.25) is 0 Å². The first-order valence-electron chi connectivity index (χ1n) is 8.98. The van der Waals surface area contributed by atoms with Gasteiger partial charge in [-0.15, -0.1) is 0 Å². The minimum Gasteiger partial charge on any atom is -0.497 e. The lowest BCUT2D eigenvalue weighted by Crippen LogP contribution is -2.39. The van der Waals surface area contributed by atoms with Crippen LogP contribution in [0, 0.1) is 0 Å². The summed E-state index contributed by atoms with van der Waals surface area (Å²) in [4.78, 5) is 23.8. The average molecular weight is 371 g/mol. The maximum atomic E-state index is 13.1. The van der Waals surface area contributed by atoms with E-state index in [9.17, 15) is 4.79 Å². The van der Waals surface area contributed by atoms with Crippen LogP contribution in [-0.2, 0) is 11.3 Å². The monoisotopic (exact) mass is 371 g/mol. The van der Waals surface area contributed by atoms with Gasteiger partial charge in [0.1, 0.15) is 18.1 Å². The molecule has 0 N–H and O–H groups in total. The number of nitrogens with zero attached hydrogens (tertiary/aromatic N) is 3. The molecular weight excluding hydrogens is 346 g/mol. The smallest absolute Gasteiger partial charge is 0.257 e. The summed E-state index contributed by atoms with van der Waals surface area (Å²) >= 11 is 0. The van der Waals surface area contributed by atoms with Crippen LogP contribution >= 0.6 is 0 Å². The predicted octanol–water partition coefficient (Wildman–Crippen LogP) is 2.66. The summed E-state index contributed by atoms with van der Waals surface area (Å²) in [6, 6.07) is 7.19. The van der Waals surface area contributed by atoms with Crippen molar-refractivity contribution in [2.75, 3.05) is 34.4 Å². The standard InChI is InChI=1S/C20H25N3O4/c1-25-13-19-21-9-8-17(22-19)14-5-4-10-23(12-14)20(24)16-11-15(26-2)6-7-18(16)27-3/h6-9,11,14H,4-5,10,12-13H2,1-3H3/t14-/m0/s1. The molecule has 7 nitrogen and oxygen atoms in total. The largest absolute Gasteiger partial charge is 0.497 e. The molecule has 2 heterocycles. The van der Waals surface area contributed by atoms with E-state index in [2.05, 4.69) is 9.97 Å². The van der Waals surface area contributed by atoms with E-state index in [0.717, 1.165) is 18.5 Å². The van der Waals surface area contributed by atoms with E-state index in [1.807, 2.05) is 11.0 Å². The fraction of sp³-hybridized carbons (Fsp3) is 0.450. The fourth-order valence-corrected chi connectivity index (χ4v) is 3.40. The molecule has 1 aliphatic heterocycles. The molecule has 0 aliphatic carbocycles. The number of hydrogen-bond acceptors (Lipinski definition) is 6. The minimum absolute atomic E-state index is 0.0541. The first kappa shape index (κ1) is 19.1. The summed E-state index contributed by atoms with van der Waals surface area (Å²) in [5.41, 5.74) is 1.47. The molecule has 0 unspecified atom stereocenters. The second kappa shape index (κ2) is 8.81. The highest BCUT2D eigenvalue weighted by Crippen LogP contribution is 2.30. The first-order valence-corrected chi connectivity index (χ1v) is 8.98. The number of rotatable bonds is 6. The Kier molecular flexibility index (Phi) is 6.24. The average Bonchev–Trinajstić information content (AvgIpc) is 2.73. The Hall–Kier alpha value is -2.67. The molecule has 0 radical (unpaired) electrons. The Bertz CT molecular complexity index is 797. The molecule has 0 spiro atoms. The summed E-state index contributed by atoms with van der Waals surface area (Å²) in [6.07, 6.45) is 3.66. The highest BCUT2D eigenvalue weighted by Gasteiger charge is 2.28. The van der Waals surface area contributed by atoms with Crippen LogP contribution in [0.25, 0.3) is 0 Å². The number of amides is 1. The van der Waals surface area contributed by atoms with Crippen molar-refractivity contribution in [2.45, 2.75) is 25.4 Å². The van der Waals surface area contributed by atoms with E-state index >= 15 is 0 Å². The Balaban J connectivity index is 1.80. The van der Waals surface area contributed by atoms with Crippen molar-refractivity contribution in [3.63, 3.8) is 0 Å². The number of carbonyl (C=O) groups is 1. The Labute approximate surface area is 159 Å². The number of hydrogen-bond donors (Lipinski definition) is 0. The molecular formula is C20H25N3O4. The fourth-order valence-electron chi connectivity index (χ4n) is 3.40. The Morgan fingerprint density at radius 3 is 2.81 bits per heavy atom. The lowest BCUT2D eigenvalue weighted by atomic mass is 9.94. The highest BCUT2D eigenvalue weighted by molar-refractivity contribution is 5.97. The third-order valence-electron chi connectivity index (χ3n) is 4.76. The third-order valence-corrected chi connectivity index (χ3v) is 4.76. The summed E-state index contributed by atoms with van der Waals surface area (Å²) in [5, 5.41) is 0. The molecule has 0 bridgehead atoms. The van der Waals surface area contributed by atoms with Crippen molar-refractivity contribution < 1.29 is 19.0 Å². The van der Waals surface area contributed by atoms with E-state index < -0.39 is 0 Å². The van der Waals surface area contributed by atoms with Gasteiger partial charge in [-0.05, 0) is 37.1 Å². The molecule has 1 saturated heterocycles. The zero-order chi connectivity index (χ0) is 19.2. The number of piperidine rings is 1. The van der Waals surface area contributed by atoms with E-state index in [4.69, 9.17) is 14.2 Å². The maximum absolute atomic E-state index is 13.1. The first-order chi connectivity index (χ1) is 13.2. The van der Waals surface area contributed by atoms with Gasteiger partial charge in [0, 0.05) is 38.0 Å². The number of methoxy groups -OCH3 is 3. The van der Waals surface area contributed by atoms with Crippen LogP contribution < -0.4 is 9.47 Å². The molecule has 1 amide bonds. The van der Waals surface area contributed by atoms with E-state index in [0.29, 0.717) is 42.6 Å². The van der Waals surface area contributed by atoms with Gasteiger partial charge in [-0.3, -0.25) is 4.79 Å². The molecule has 0 saturated carbocycles. The molecule has 7 heteroatoms. The van der Waals surface area contributed by atoms with Crippen LogP contribution in [0.3, 0.4) is 0 Å². The second-order valence-electron chi connectivity index (χ2n) is 6.49. The van der Waals surface area contributed by atoms with E-state index in [1.165, 1.54) is 0 Å². The van der Waals surface area contributed by atoms with Crippen molar-refractivity contribution in [1.29, 1.82) is 0 Å². The van der Waals surface area contributed by atoms with Crippen LogP contribution in [0.2, 0.25) is 0 Å². The molecule has 1 fully saturated rings. The number of aromatic nitrogens is 2. The topological polar surface area (TPSA) is 73.8 Å². The second-order valence-corrected chi connectivity index (χ2v) is 6.49. The van der Waals surface area contributed by atoms with Crippen LogP contribution in [0.1, 0.15) is 40.6 Å². The van der Waals surface area contributed by atoms with Gasteiger partial charge in [-0.1, -0.05) is 0 Å². The van der Waals surface area contributed by atoms with Gasteiger partial charge in [0.15, 0.2) is 5.82 Å². The number of likely N-dealkylation sites (tertiary alicyclic amines) is 1. The number of benzene rings is 1. The molecule has 1 aromatic heterocycles. The molecule has 1 atom stereocenters. The maximum Gasteiger partial charge on any atom is 0.257 e. The predicted molar refractivity (Wildman–Crippen MR) is 100 cm³/mol. The number of carbonyl (C=O) groups excluding carboxylic acids is 1. The Morgan fingerprint density at radius 2 is 2.07 bits per heavy atom. The summed E-state index contributed by atoms with van der Waals surface area (Å²) in [6.45, 7) is 1.71. The zero-order valence-electron chi connectivity index (χ0n) is 16.0. The van der Waals surface area contributed by atoms with Gasteiger partial charge >= 0.3 is 0 Å². The van der Waals surface area contributed by atoms with E-state index in [1.54, 1.807) is 45.7 Å². The van der Waals surface area contributed by atoms with Crippen LogP contribution in [-0.4, -0.2) is 55.2 Å². The normalized spacial score (nSPS) is 16.9. The van der Waals surface area contributed by atoms with Gasteiger partial charge in [-0.25, -0.2) is 9.97 Å². The highest BCUT2D eigenvalue weighted by atomic mass is 16.5. The molecule has 1 aromatic carbocycles. The van der Waals surface area contributed by atoms with Crippen molar-refractivity contribution in [1.82, 2.24) is 14.9 Å². The summed E-state index contributed by atoms with van der Waals surface area (Å²) in [7, 11) is 4.77.